The fourth-order valence-corrected chi connectivity index (χ4v) is 3.25. The van der Waals surface area contributed by atoms with Crippen molar-refractivity contribution in [2.45, 2.75) is 104 Å². The van der Waals surface area contributed by atoms with Gasteiger partial charge in [-0.3, -0.25) is 0 Å². The topological polar surface area (TPSA) is 20.2 Å². The van der Waals surface area contributed by atoms with Crippen molar-refractivity contribution in [3.05, 3.63) is 29.3 Å². The Morgan fingerprint density at radius 2 is 0.957 bits per heavy atom. The summed E-state index contributed by atoms with van der Waals surface area (Å²) in [7, 11) is 0. The van der Waals surface area contributed by atoms with E-state index in [0.717, 1.165) is 12.8 Å². The van der Waals surface area contributed by atoms with Crippen molar-refractivity contribution in [1.82, 2.24) is 0 Å². The second kappa shape index (κ2) is 13.5. The maximum atomic E-state index is 9.94. The van der Waals surface area contributed by atoms with Crippen LogP contribution in [0, 0.1) is 0 Å². The van der Waals surface area contributed by atoms with Crippen LogP contribution in [0.1, 0.15) is 102 Å². The summed E-state index contributed by atoms with van der Waals surface area (Å²) in [6, 6.07) is 6.23. The van der Waals surface area contributed by atoms with Gasteiger partial charge in [-0.25, -0.2) is 0 Å². The number of rotatable bonds is 14. The number of phenols is 1. The molecule has 0 amide bonds. The molecule has 1 N–H and O–H groups in total. The second-order valence-corrected chi connectivity index (χ2v) is 7.04. The largest absolute Gasteiger partial charge is 0.508 e. The quantitative estimate of drug-likeness (QED) is 0.360. The molecule has 0 aliphatic rings. The summed E-state index contributed by atoms with van der Waals surface area (Å²) in [4.78, 5) is 0. The summed E-state index contributed by atoms with van der Waals surface area (Å²) in [5, 5.41) is 9.94. The smallest absolute Gasteiger partial charge is 0.116 e. The van der Waals surface area contributed by atoms with Crippen LogP contribution >= 0.6 is 0 Å². The van der Waals surface area contributed by atoms with Gasteiger partial charge in [-0.15, -0.1) is 0 Å². The molecule has 1 rings (SSSR count). The van der Waals surface area contributed by atoms with E-state index in [4.69, 9.17) is 0 Å². The Hall–Kier alpha value is -0.980. The van der Waals surface area contributed by atoms with Crippen molar-refractivity contribution >= 4 is 0 Å². The first kappa shape index (κ1) is 20.1. The lowest BCUT2D eigenvalue weighted by Gasteiger charge is -2.08. The standard InChI is InChI=1S/C22H38O/c1-3-5-7-9-11-13-15-20-17-21(19-22(23)18-20)16-14-12-10-8-6-4-2/h17-19,23H,3-16H2,1-2H3. The molecule has 0 unspecified atom stereocenters. The number of unbranched alkanes of at least 4 members (excludes halogenated alkanes) is 10. The number of hydrogen-bond acceptors (Lipinski definition) is 1. The van der Waals surface area contributed by atoms with Crippen LogP contribution in [-0.2, 0) is 12.8 Å². The summed E-state index contributed by atoms with van der Waals surface area (Å²) in [6.45, 7) is 4.52. The van der Waals surface area contributed by atoms with Crippen LogP contribution in [0.3, 0.4) is 0 Å². The molecule has 132 valence electrons. The Bertz CT molecular complexity index is 363. The van der Waals surface area contributed by atoms with Crippen LogP contribution in [0.2, 0.25) is 0 Å². The van der Waals surface area contributed by atoms with Gasteiger partial charge >= 0.3 is 0 Å². The van der Waals surface area contributed by atoms with Crippen LogP contribution in [0.15, 0.2) is 18.2 Å². The van der Waals surface area contributed by atoms with Gasteiger partial charge in [0.15, 0.2) is 0 Å². The monoisotopic (exact) mass is 318 g/mol. The number of benzene rings is 1. The Labute approximate surface area is 144 Å². The lowest BCUT2D eigenvalue weighted by Crippen LogP contribution is -1.91. The van der Waals surface area contributed by atoms with Crippen molar-refractivity contribution in [2.75, 3.05) is 0 Å². The minimum absolute atomic E-state index is 0.453. The molecule has 23 heavy (non-hydrogen) atoms. The van der Waals surface area contributed by atoms with Gasteiger partial charge in [0.2, 0.25) is 0 Å². The molecule has 0 aliphatic carbocycles. The number of hydrogen-bond donors (Lipinski definition) is 1. The first-order valence-corrected chi connectivity index (χ1v) is 10.1. The van der Waals surface area contributed by atoms with Gasteiger partial charge in [-0.05, 0) is 48.9 Å². The van der Waals surface area contributed by atoms with E-state index in [1.54, 1.807) is 0 Å². The molecule has 0 aliphatic heterocycles. The first-order chi connectivity index (χ1) is 11.3. The van der Waals surface area contributed by atoms with Gasteiger partial charge in [0.25, 0.3) is 0 Å². The lowest BCUT2D eigenvalue weighted by molar-refractivity contribution is 0.473. The molecule has 0 aromatic heterocycles. The minimum Gasteiger partial charge on any atom is -0.508 e. The van der Waals surface area contributed by atoms with Crippen LogP contribution in [0.5, 0.6) is 5.75 Å². The maximum Gasteiger partial charge on any atom is 0.116 e. The highest BCUT2D eigenvalue weighted by Gasteiger charge is 2.02. The summed E-state index contributed by atoms with van der Waals surface area (Å²) in [5.74, 6) is 0.453. The van der Waals surface area contributed by atoms with Crippen molar-refractivity contribution in [3.63, 3.8) is 0 Å². The Morgan fingerprint density at radius 3 is 1.39 bits per heavy atom. The Morgan fingerprint density at radius 1 is 0.565 bits per heavy atom. The summed E-state index contributed by atoms with van der Waals surface area (Å²) >= 11 is 0. The van der Waals surface area contributed by atoms with Crippen LogP contribution in [0.4, 0.5) is 0 Å². The average Bonchev–Trinajstić information content (AvgIpc) is 2.53. The third-order valence-electron chi connectivity index (χ3n) is 4.68. The van der Waals surface area contributed by atoms with E-state index < -0.39 is 0 Å². The Balaban J connectivity index is 2.25. The molecule has 0 radical (unpaired) electrons. The summed E-state index contributed by atoms with van der Waals surface area (Å²) in [5.41, 5.74) is 2.64. The molecule has 0 fully saturated rings. The number of aromatic hydroxyl groups is 1. The highest BCUT2D eigenvalue weighted by molar-refractivity contribution is 5.33. The lowest BCUT2D eigenvalue weighted by atomic mass is 9.99. The van der Waals surface area contributed by atoms with Crippen molar-refractivity contribution in [2.24, 2.45) is 0 Å². The van der Waals surface area contributed by atoms with Crippen LogP contribution < -0.4 is 0 Å². The SMILES string of the molecule is CCCCCCCCc1cc(O)cc(CCCCCCCC)c1. The highest BCUT2D eigenvalue weighted by Crippen LogP contribution is 2.20. The zero-order valence-electron chi connectivity index (χ0n) is 15.6. The van der Waals surface area contributed by atoms with Gasteiger partial charge in [-0.2, -0.15) is 0 Å². The molecule has 0 saturated carbocycles. The van der Waals surface area contributed by atoms with Gasteiger partial charge in [0.05, 0.1) is 0 Å². The fraction of sp³-hybridized carbons (Fsp3) is 0.727. The second-order valence-electron chi connectivity index (χ2n) is 7.04. The third-order valence-corrected chi connectivity index (χ3v) is 4.68. The maximum absolute atomic E-state index is 9.94. The molecule has 0 heterocycles. The van der Waals surface area contributed by atoms with Gasteiger partial charge in [-0.1, -0.05) is 84.1 Å². The normalized spacial score (nSPS) is 11.0. The predicted molar refractivity (Wildman–Crippen MR) is 102 cm³/mol. The molecular weight excluding hydrogens is 280 g/mol. The zero-order chi connectivity index (χ0) is 16.8. The molecule has 1 heteroatoms. The van der Waals surface area contributed by atoms with Gasteiger partial charge in [0, 0.05) is 0 Å². The van der Waals surface area contributed by atoms with Crippen LogP contribution in [0.25, 0.3) is 0 Å². The molecule has 0 spiro atoms. The molecule has 1 aromatic rings. The molecule has 0 saturated heterocycles. The number of phenolic OH excluding ortho intramolecular Hbond substituents is 1. The van der Waals surface area contributed by atoms with Crippen molar-refractivity contribution in [1.29, 1.82) is 0 Å². The van der Waals surface area contributed by atoms with E-state index in [0.29, 0.717) is 5.75 Å². The van der Waals surface area contributed by atoms with E-state index >= 15 is 0 Å². The van der Waals surface area contributed by atoms with E-state index in [1.807, 2.05) is 12.1 Å². The van der Waals surface area contributed by atoms with Crippen molar-refractivity contribution in [3.8, 4) is 5.75 Å². The van der Waals surface area contributed by atoms with E-state index in [1.165, 1.54) is 88.2 Å². The molecule has 0 bridgehead atoms. The minimum atomic E-state index is 0.453. The average molecular weight is 319 g/mol. The van der Waals surface area contributed by atoms with Gasteiger partial charge in [0.1, 0.15) is 5.75 Å². The zero-order valence-corrected chi connectivity index (χ0v) is 15.6. The molecule has 0 atom stereocenters. The Kier molecular flexibility index (Phi) is 11.7. The number of aryl methyl sites for hydroxylation is 2. The van der Waals surface area contributed by atoms with Crippen molar-refractivity contribution < 1.29 is 5.11 Å². The molecular formula is C22H38O. The molecule has 1 aromatic carbocycles. The predicted octanol–water partition coefficient (Wildman–Crippen LogP) is 7.20. The molecule has 1 nitrogen and oxygen atoms in total. The summed E-state index contributed by atoms with van der Waals surface area (Å²) in [6.07, 6.45) is 18.2. The fourth-order valence-electron chi connectivity index (χ4n) is 3.25. The third kappa shape index (κ3) is 10.4. The first-order valence-electron chi connectivity index (χ1n) is 10.1. The summed E-state index contributed by atoms with van der Waals surface area (Å²) < 4.78 is 0. The van der Waals surface area contributed by atoms with E-state index in [2.05, 4.69) is 19.9 Å². The highest BCUT2D eigenvalue weighted by atomic mass is 16.3. The van der Waals surface area contributed by atoms with E-state index in [9.17, 15) is 5.11 Å². The van der Waals surface area contributed by atoms with E-state index in [-0.39, 0.29) is 0 Å². The van der Waals surface area contributed by atoms with Crippen LogP contribution in [-0.4, -0.2) is 5.11 Å². The van der Waals surface area contributed by atoms with Gasteiger partial charge < -0.3 is 5.11 Å².